The minimum absolute atomic E-state index is 0.0251. The second kappa shape index (κ2) is 8.19. The van der Waals surface area contributed by atoms with Gasteiger partial charge >= 0.3 is 0 Å². The third-order valence-electron chi connectivity index (χ3n) is 3.77. The molecule has 0 fully saturated rings. The smallest absolute Gasteiger partial charge is 0.277 e. The highest BCUT2D eigenvalue weighted by atomic mass is 35.5. The molecule has 0 saturated carbocycles. The quantitative estimate of drug-likeness (QED) is 0.565. The molecule has 0 amide bonds. The van der Waals surface area contributed by atoms with Crippen LogP contribution in [0.3, 0.4) is 0 Å². The molecule has 3 aromatic heterocycles. The lowest BCUT2D eigenvalue weighted by Gasteiger charge is -2.15. The van der Waals surface area contributed by atoms with Crippen molar-refractivity contribution in [2.45, 2.75) is 19.4 Å². The maximum absolute atomic E-state index is 12.0. The number of aromatic amines is 1. The normalized spacial score (nSPS) is 12.0. The molecule has 0 saturated heterocycles. The zero-order chi connectivity index (χ0) is 19.4. The van der Waals surface area contributed by atoms with Crippen LogP contribution in [0.15, 0.2) is 35.5 Å². The van der Waals surface area contributed by atoms with Crippen molar-refractivity contribution < 1.29 is 9.84 Å². The van der Waals surface area contributed by atoms with E-state index in [1.54, 1.807) is 31.6 Å². The lowest BCUT2D eigenvalue weighted by molar-refractivity contribution is 0.169. The molecule has 3 rings (SSSR count). The Labute approximate surface area is 160 Å². The van der Waals surface area contributed by atoms with Crippen LogP contribution in [-0.4, -0.2) is 42.5 Å². The van der Waals surface area contributed by atoms with Gasteiger partial charge in [-0.2, -0.15) is 0 Å². The topological polar surface area (TPSA) is 118 Å². The summed E-state index contributed by atoms with van der Waals surface area (Å²) in [5.41, 5.74) is 0.150. The minimum atomic E-state index is -0.217. The molecule has 1 atom stereocenters. The molecule has 0 aliphatic carbocycles. The Morgan fingerprint density at radius 2 is 2.22 bits per heavy atom. The van der Waals surface area contributed by atoms with Crippen LogP contribution in [-0.2, 0) is 7.05 Å². The highest BCUT2D eigenvalue weighted by Gasteiger charge is 2.12. The number of nitrogens with one attached hydrogen (secondary N) is 2. The number of hydrogen-bond donors (Lipinski definition) is 3. The van der Waals surface area contributed by atoms with Crippen molar-refractivity contribution in [1.82, 2.24) is 24.7 Å². The van der Waals surface area contributed by atoms with E-state index in [4.69, 9.17) is 21.4 Å². The van der Waals surface area contributed by atoms with Crippen molar-refractivity contribution in [1.29, 1.82) is 0 Å². The fourth-order valence-electron chi connectivity index (χ4n) is 2.35. The maximum atomic E-state index is 12.0. The highest BCUT2D eigenvalue weighted by Crippen LogP contribution is 2.28. The fourth-order valence-corrected chi connectivity index (χ4v) is 2.50. The second-order valence-electron chi connectivity index (χ2n) is 5.88. The van der Waals surface area contributed by atoms with Gasteiger partial charge in [0.2, 0.25) is 0 Å². The molecule has 3 heterocycles. The molecule has 0 aliphatic rings. The lowest BCUT2D eigenvalue weighted by Crippen LogP contribution is -2.14. The molecule has 0 radical (unpaired) electrons. The van der Waals surface area contributed by atoms with E-state index in [2.05, 4.69) is 25.4 Å². The third-order valence-corrected chi connectivity index (χ3v) is 4.06. The molecule has 27 heavy (non-hydrogen) atoms. The summed E-state index contributed by atoms with van der Waals surface area (Å²) < 4.78 is 7.07. The number of rotatable bonds is 7. The fraction of sp³-hybridized carbons (Fsp3) is 0.294. The number of halogens is 1. The number of hydrogen-bond acceptors (Lipinski definition) is 7. The number of nitrogens with zero attached hydrogens (tertiary/aromatic N) is 4. The monoisotopic (exact) mass is 390 g/mol. The van der Waals surface area contributed by atoms with E-state index in [1.165, 1.54) is 10.9 Å². The van der Waals surface area contributed by atoms with Gasteiger partial charge in [-0.3, -0.25) is 9.48 Å². The molecule has 142 valence electrons. The van der Waals surface area contributed by atoms with E-state index >= 15 is 0 Å². The van der Waals surface area contributed by atoms with Crippen molar-refractivity contribution in [2.75, 3.05) is 11.9 Å². The number of ether oxygens (including phenoxy) is 1. The lowest BCUT2D eigenvalue weighted by atomic mass is 10.3. The van der Waals surface area contributed by atoms with Crippen LogP contribution in [0.1, 0.15) is 13.3 Å². The average Bonchev–Trinajstić information content (AvgIpc) is 2.97. The molecule has 0 aromatic carbocycles. The third kappa shape index (κ3) is 4.44. The molecule has 3 N–H and O–H groups in total. The Kier molecular flexibility index (Phi) is 5.72. The van der Waals surface area contributed by atoms with Crippen LogP contribution in [0.4, 0.5) is 11.6 Å². The van der Waals surface area contributed by atoms with Crippen LogP contribution in [0, 0.1) is 0 Å². The number of aryl methyl sites for hydroxylation is 1. The van der Waals surface area contributed by atoms with E-state index in [9.17, 15) is 4.79 Å². The van der Waals surface area contributed by atoms with Crippen molar-refractivity contribution in [2.24, 2.45) is 7.05 Å². The van der Waals surface area contributed by atoms with Crippen LogP contribution < -0.4 is 15.6 Å². The van der Waals surface area contributed by atoms with Gasteiger partial charge in [0.05, 0.1) is 12.3 Å². The number of anilines is 2. The van der Waals surface area contributed by atoms with Gasteiger partial charge in [0.25, 0.3) is 5.56 Å². The average molecular weight is 391 g/mol. The van der Waals surface area contributed by atoms with Crippen LogP contribution >= 0.6 is 11.6 Å². The van der Waals surface area contributed by atoms with Crippen molar-refractivity contribution >= 4 is 23.2 Å². The Bertz CT molecular complexity index is 987. The molecule has 0 bridgehead atoms. The van der Waals surface area contributed by atoms with Gasteiger partial charge in [-0.05, 0) is 13.0 Å². The number of H-pyrrole nitrogens is 1. The molecule has 3 aromatic rings. The number of aliphatic hydroxyl groups is 1. The summed E-state index contributed by atoms with van der Waals surface area (Å²) in [7, 11) is 1.62. The summed E-state index contributed by atoms with van der Waals surface area (Å²) >= 11 is 6.12. The Morgan fingerprint density at radius 1 is 1.41 bits per heavy atom. The van der Waals surface area contributed by atoms with Gasteiger partial charge in [0.1, 0.15) is 28.0 Å². The van der Waals surface area contributed by atoms with E-state index in [0.717, 1.165) is 0 Å². The highest BCUT2D eigenvalue weighted by molar-refractivity contribution is 6.32. The maximum Gasteiger partial charge on any atom is 0.277 e. The van der Waals surface area contributed by atoms with E-state index in [1.807, 2.05) is 6.92 Å². The Balaban J connectivity index is 1.82. The minimum Gasteiger partial charge on any atom is -0.489 e. The molecular formula is C17H19ClN6O3. The molecule has 10 heteroatoms. The second-order valence-corrected chi connectivity index (χ2v) is 6.29. The zero-order valence-corrected chi connectivity index (χ0v) is 15.6. The van der Waals surface area contributed by atoms with Gasteiger partial charge in [-0.15, -0.1) is 0 Å². The van der Waals surface area contributed by atoms with Gasteiger partial charge in [-0.25, -0.2) is 15.0 Å². The summed E-state index contributed by atoms with van der Waals surface area (Å²) in [6, 6.07) is 3.30. The first-order chi connectivity index (χ1) is 13.0. The first kappa shape index (κ1) is 18.9. The van der Waals surface area contributed by atoms with E-state index < -0.39 is 0 Å². The standard InChI is InChI=1S/C17H19ClN6O3/c1-10(4-6-25)27-13-7-15(20-9-12(13)18)22-14-3-5-19-16(23-14)11-8-21-24(2)17(11)26/h3,5,7-10,21,25H,4,6H2,1-2H3,(H,19,20,22,23)/t10-/m0/s1. The molecule has 0 spiro atoms. The van der Waals surface area contributed by atoms with Gasteiger partial charge < -0.3 is 20.3 Å². The zero-order valence-electron chi connectivity index (χ0n) is 14.8. The summed E-state index contributed by atoms with van der Waals surface area (Å²) in [6.45, 7) is 1.87. The molecule has 0 unspecified atom stereocenters. The van der Waals surface area contributed by atoms with Gasteiger partial charge in [-0.1, -0.05) is 11.6 Å². The summed E-state index contributed by atoms with van der Waals surface area (Å²) in [5, 5.41) is 15.2. The van der Waals surface area contributed by atoms with Crippen LogP contribution in [0.2, 0.25) is 5.02 Å². The van der Waals surface area contributed by atoms with Gasteiger partial charge in [0.15, 0.2) is 5.82 Å². The van der Waals surface area contributed by atoms with Gasteiger partial charge in [0, 0.05) is 38.5 Å². The van der Waals surface area contributed by atoms with E-state index in [0.29, 0.717) is 40.2 Å². The molecular weight excluding hydrogens is 372 g/mol. The Morgan fingerprint density at radius 3 is 2.93 bits per heavy atom. The van der Waals surface area contributed by atoms with Crippen LogP contribution in [0.25, 0.3) is 11.4 Å². The number of aliphatic hydroxyl groups excluding tert-OH is 1. The van der Waals surface area contributed by atoms with Crippen LogP contribution in [0.5, 0.6) is 5.75 Å². The van der Waals surface area contributed by atoms with Crippen molar-refractivity contribution in [3.8, 4) is 17.1 Å². The first-order valence-electron chi connectivity index (χ1n) is 8.26. The largest absolute Gasteiger partial charge is 0.489 e. The van der Waals surface area contributed by atoms with Crippen molar-refractivity contribution in [3.05, 3.63) is 46.1 Å². The Hall–Kier alpha value is -2.91. The predicted molar refractivity (Wildman–Crippen MR) is 101 cm³/mol. The summed E-state index contributed by atoms with van der Waals surface area (Å²) in [4.78, 5) is 24.7. The number of pyridine rings is 1. The molecule has 0 aliphatic heterocycles. The SMILES string of the molecule is C[C@@H](CCO)Oc1cc(Nc2ccnc(-c3c[nH]n(C)c3=O)n2)ncc1Cl. The van der Waals surface area contributed by atoms with E-state index in [-0.39, 0.29) is 18.3 Å². The summed E-state index contributed by atoms with van der Waals surface area (Å²) in [6.07, 6.45) is 4.86. The van der Waals surface area contributed by atoms with Crippen molar-refractivity contribution in [3.63, 3.8) is 0 Å². The summed E-state index contributed by atoms with van der Waals surface area (Å²) in [5.74, 6) is 1.68. The first-order valence-corrected chi connectivity index (χ1v) is 8.63. The molecule has 9 nitrogen and oxygen atoms in total. The predicted octanol–water partition coefficient (Wildman–Crippen LogP) is 2.11. The number of aromatic nitrogens is 5.